The van der Waals surface area contributed by atoms with Gasteiger partial charge in [0.1, 0.15) is 11.1 Å². The van der Waals surface area contributed by atoms with Gasteiger partial charge in [0.05, 0.1) is 11.8 Å². The Labute approximate surface area is 136 Å². The van der Waals surface area contributed by atoms with Crippen LogP contribution in [-0.2, 0) is 12.8 Å². The number of carbonyl (C=O) groups is 1. The van der Waals surface area contributed by atoms with Crippen molar-refractivity contribution in [3.05, 3.63) is 40.2 Å². The van der Waals surface area contributed by atoms with Crippen molar-refractivity contribution in [1.82, 2.24) is 5.32 Å². The lowest BCUT2D eigenvalue weighted by Crippen LogP contribution is -2.33. The predicted molar refractivity (Wildman–Crippen MR) is 88.1 cm³/mol. The lowest BCUT2D eigenvalue weighted by Gasteiger charge is -2.09. The third-order valence-electron chi connectivity index (χ3n) is 3.48. The maximum atomic E-state index is 11.9. The zero-order valence-corrected chi connectivity index (χ0v) is 13.3. The third-order valence-corrected chi connectivity index (χ3v) is 4.89. The normalized spacial score (nSPS) is 13.0. The molecule has 0 aliphatic heterocycles. The Hall–Kier alpha value is -2.17. The molecule has 2 aromatic heterocycles. The molecule has 1 aliphatic carbocycles. The van der Waals surface area contributed by atoms with Gasteiger partial charge in [-0.3, -0.25) is 10.1 Å². The van der Waals surface area contributed by atoms with Crippen molar-refractivity contribution in [2.45, 2.75) is 25.7 Å². The molecule has 22 heavy (non-hydrogen) atoms. The van der Waals surface area contributed by atoms with Gasteiger partial charge in [0, 0.05) is 4.88 Å². The number of furan rings is 1. The highest BCUT2D eigenvalue weighted by Gasteiger charge is 2.21. The van der Waals surface area contributed by atoms with Gasteiger partial charge in [0.15, 0.2) is 10.9 Å². The highest BCUT2D eigenvalue weighted by Crippen LogP contribution is 2.37. The van der Waals surface area contributed by atoms with Gasteiger partial charge in [0.2, 0.25) is 0 Å². The Balaban J connectivity index is 1.73. The molecular weight excluding hydrogens is 318 g/mol. The first-order chi connectivity index (χ1) is 10.7. The molecule has 0 unspecified atom stereocenters. The van der Waals surface area contributed by atoms with Crippen LogP contribution in [0, 0.1) is 11.3 Å². The molecule has 1 amide bonds. The summed E-state index contributed by atoms with van der Waals surface area (Å²) in [7, 11) is 0. The number of nitrogens with zero attached hydrogens (tertiary/aromatic N) is 1. The number of hydrogen-bond donors (Lipinski definition) is 2. The fourth-order valence-corrected chi connectivity index (χ4v) is 3.98. The monoisotopic (exact) mass is 331 g/mol. The summed E-state index contributed by atoms with van der Waals surface area (Å²) in [5.41, 5.74) is 1.77. The van der Waals surface area contributed by atoms with Crippen molar-refractivity contribution in [2.75, 3.05) is 5.32 Å². The fourth-order valence-electron chi connectivity index (χ4n) is 2.48. The molecule has 3 rings (SSSR count). The molecule has 0 saturated heterocycles. The van der Waals surface area contributed by atoms with Crippen molar-refractivity contribution < 1.29 is 9.21 Å². The number of fused-ring (bicyclic) bond motifs is 1. The molecule has 1 aliphatic rings. The van der Waals surface area contributed by atoms with E-state index in [4.69, 9.17) is 16.6 Å². The van der Waals surface area contributed by atoms with Crippen LogP contribution in [0.5, 0.6) is 0 Å². The van der Waals surface area contributed by atoms with Crippen LogP contribution in [-0.4, -0.2) is 11.0 Å². The summed E-state index contributed by atoms with van der Waals surface area (Å²) < 4.78 is 5.01. The standard InChI is InChI=1S/C15H13N3O2S2/c16-8-10-9-4-1-2-6-12(9)22-14(10)18-15(21)17-13(19)11-5-3-7-20-11/h3,5,7H,1-2,4,6H2,(H2,17,18,19,21). The molecule has 2 heterocycles. The van der Waals surface area contributed by atoms with Crippen LogP contribution in [0.15, 0.2) is 22.8 Å². The number of nitrogens with one attached hydrogen (secondary N) is 2. The number of amides is 1. The number of carbonyl (C=O) groups excluding carboxylic acids is 1. The minimum Gasteiger partial charge on any atom is -0.459 e. The minimum absolute atomic E-state index is 0.163. The summed E-state index contributed by atoms with van der Waals surface area (Å²) in [6.45, 7) is 0. The van der Waals surface area contributed by atoms with Gasteiger partial charge in [-0.15, -0.1) is 11.3 Å². The van der Waals surface area contributed by atoms with Gasteiger partial charge in [-0.1, -0.05) is 0 Å². The van der Waals surface area contributed by atoms with E-state index in [1.54, 1.807) is 23.5 Å². The van der Waals surface area contributed by atoms with Crippen molar-refractivity contribution in [2.24, 2.45) is 0 Å². The van der Waals surface area contributed by atoms with Crippen molar-refractivity contribution in [3.63, 3.8) is 0 Å². The van der Waals surface area contributed by atoms with E-state index in [1.807, 2.05) is 0 Å². The number of nitriles is 1. The van der Waals surface area contributed by atoms with Crippen LogP contribution < -0.4 is 10.6 Å². The van der Waals surface area contributed by atoms with Crippen LogP contribution in [0.2, 0.25) is 0 Å². The van der Waals surface area contributed by atoms with E-state index in [-0.39, 0.29) is 10.9 Å². The highest BCUT2D eigenvalue weighted by atomic mass is 32.1. The van der Waals surface area contributed by atoms with Crippen LogP contribution in [0.1, 0.15) is 39.4 Å². The topological polar surface area (TPSA) is 78.1 Å². The lowest BCUT2D eigenvalue weighted by molar-refractivity contribution is 0.0950. The second-order valence-corrected chi connectivity index (χ2v) is 6.43. The van der Waals surface area contributed by atoms with Gasteiger partial charge in [0.25, 0.3) is 5.91 Å². The molecule has 0 fully saturated rings. The summed E-state index contributed by atoms with van der Waals surface area (Å²) in [6.07, 6.45) is 5.62. The Morgan fingerprint density at radius 2 is 2.23 bits per heavy atom. The first kappa shape index (κ1) is 14.8. The Kier molecular flexibility index (Phi) is 4.22. The van der Waals surface area contributed by atoms with Crippen LogP contribution in [0.3, 0.4) is 0 Å². The van der Waals surface area contributed by atoms with E-state index in [9.17, 15) is 10.1 Å². The van der Waals surface area contributed by atoms with Gasteiger partial charge >= 0.3 is 0 Å². The number of thiophene rings is 1. The van der Waals surface area contributed by atoms with Crippen molar-refractivity contribution in [3.8, 4) is 6.07 Å². The smallest absolute Gasteiger partial charge is 0.293 e. The van der Waals surface area contributed by atoms with E-state index in [2.05, 4.69) is 16.7 Å². The van der Waals surface area contributed by atoms with E-state index in [1.165, 1.54) is 11.1 Å². The minimum atomic E-state index is -0.415. The molecule has 2 aromatic rings. The van der Waals surface area contributed by atoms with Crippen LogP contribution in [0.25, 0.3) is 0 Å². The first-order valence-corrected chi connectivity index (χ1v) is 8.12. The zero-order valence-electron chi connectivity index (χ0n) is 11.6. The number of anilines is 1. The van der Waals surface area contributed by atoms with Gasteiger partial charge < -0.3 is 9.73 Å². The second kappa shape index (κ2) is 6.30. The van der Waals surface area contributed by atoms with Crippen LogP contribution >= 0.6 is 23.6 Å². The molecule has 0 spiro atoms. The molecule has 0 atom stereocenters. The fraction of sp³-hybridized carbons (Fsp3) is 0.267. The first-order valence-electron chi connectivity index (χ1n) is 6.89. The summed E-state index contributed by atoms with van der Waals surface area (Å²) in [5, 5.41) is 15.8. The lowest BCUT2D eigenvalue weighted by atomic mass is 9.96. The predicted octanol–water partition coefficient (Wildman–Crippen LogP) is 3.22. The molecule has 5 nitrogen and oxygen atoms in total. The largest absolute Gasteiger partial charge is 0.459 e. The molecule has 7 heteroatoms. The van der Waals surface area contributed by atoms with Crippen LogP contribution in [0.4, 0.5) is 5.00 Å². The van der Waals surface area contributed by atoms with Gasteiger partial charge in [-0.25, -0.2) is 0 Å². The summed E-state index contributed by atoms with van der Waals surface area (Å²) in [4.78, 5) is 13.1. The summed E-state index contributed by atoms with van der Waals surface area (Å²) in [6, 6.07) is 5.44. The van der Waals surface area contributed by atoms with Gasteiger partial charge in [-0.2, -0.15) is 5.26 Å². The third kappa shape index (κ3) is 2.89. The van der Waals surface area contributed by atoms with E-state index in [0.717, 1.165) is 31.2 Å². The molecular formula is C15H13N3O2S2. The van der Waals surface area contributed by atoms with E-state index in [0.29, 0.717) is 10.6 Å². The van der Waals surface area contributed by atoms with Crippen molar-refractivity contribution >= 4 is 39.6 Å². The summed E-state index contributed by atoms with van der Waals surface area (Å²) >= 11 is 6.69. The maximum Gasteiger partial charge on any atom is 0.293 e. The summed E-state index contributed by atoms with van der Waals surface area (Å²) in [5.74, 6) is -0.225. The van der Waals surface area contributed by atoms with Crippen molar-refractivity contribution in [1.29, 1.82) is 5.26 Å². The highest BCUT2D eigenvalue weighted by molar-refractivity contribution is 7.80. The molecule has 0 aromatic carbocycles. The molecule has 0 saturated carbocycles. The molecule has 2 N–H and O–H groups in total. The molecule has 0 bridgehead atoms. The average Bonchev–Trinajstić information content (AvgIpc) is 3.14. The SMILES string of the molecule is N#Cc1c(NC(=S)NC(=O)c2ccco2)sc2c1CCCC2. The average molecular weight is 331 g/mol. The second-order valence-electron chi connectivity index (χ2n) is 4.91. The Morgan fingerprint density at radius 1 is 1.41 bits per heavy atom. The number of thiocarbonyl (C=S) groups is 1. The van der Waals surface area contributed by atoms with E-state index < -0.39 is 5.91 Å². The zero-order chi connectivity index (χ0) is 15.5. The Morgan fingerprint density at radius 3 is 2.95 bits per heavy atom. The molecule has 0 radical (unpaired) electrons. The maximum absolute atomic E-state index is 11.9. The Bertz CT molecular complexity index is 757. The number of rotatable bonds is 2. The number of hydrogen-bond acceptors (Lipinski definition) is 5. The van der Waals surface area contributed by atoms with Gasteiger partial charge in [-0.05, 0) is 55.6 Å². The molecule has 112 valence electrons. The quantitative estimate of drug-likeness (QED) is 0.826. The number of aryl methyl sites for hydroxylation is 1. The van der Waals surface area contributed by atoms with E-state index >= 15 is 0 Å².